The van der Waals surface area contributed by atoms with Crippen molar-refractivity contribution in [3.63, 3.8) is 0 Å². The first-order valence-corrected chi connectivity index (χ1v) is 11.2. The highest BCUT2D eigenvalue weighted by Gasteiger charge is 2.34. The molecule has 2 N–H and O–H groups in total. The second-order valence-electron chi connectivity index (χ2n) is 7.37. The van der Waals surface area contributed by atoms with Crippen molar-refractivity contribution in [1.29, 1.82) is 0 Å². The monoisotopic (exact) mass is 476 g/mol. The molecular formula is C20H20F4N2O5S. The van der Waals surface area contributed by atoms with Crippen molar-refractivity contribution in [2.75, 3.05) is 17.6 Å². The summed E-state index contributed by atoms with van der Waals surface area (Å²) in [6, 6.07) is 4.28. The number of hydrogen-bond acceptors (Lipinski definition) is 5. The van der Waals surface area contributed by atoms with Gasteiger partial charge in [-0.15, -0.1) is 0 Å². The summed E-state index contributed by atoms with van der Waals surface area (Å²) in [5.41, 5.74) is -0.274. The predicted molar refractivity (Wildman–Crippen MR) is 108 cm³/mol. The molecule has 7 nitrogen and oxygen atoms in total. The summed E-state index contributed by atoms with van der Waals surface area (Å²) in [6.07, 6.45) is -4.76. The Labute approximate surface area is 181 Å². The van der Waals surface area contributed by atoms with E-state index in [1.54, 1.807) is 6.92 Å². The zero-order chi connectivity index (χ0) is 23.8. The summed E-state index contributed by atoms with van der Waals surface area (Å²) < 4.78 is 88.7. The Morgan fingerprint density at radius 1 is 1.19 bits per heavy atom. The van der Waals surface area contributed by atoms with Gasteiger partial charge in [-0.25, -0.2) is 12.8 Å². The smallest absolute Gasteiger partial charge is 0.416 e. The van der Waals surface area contributed by atoms with Gasteiger partial charge in [-0.2, -0.15) is 13.2 Å². The molecule has 0 spiro atoms. The molecule has 0 unspecified atom stereocenters. The summed E-state index contributed by atoms with van der Waals surface area (Å²) in [5.74, 6) is -1.54. The maximum atomic E-state index is 14.5. The van der Waals surface area contributed by atoms with E-state index in [1.807, 2.05) is 0 Å². The Morgan fingerprint density at radius 3 is 2.50 bits per heavy atom. The van der Waals surface area contributed by atoms with E-state index in [-0.39, 0.29) is 29.4 Å². The molecule has 2 atom stereocenters. The lowest BCUT2D eigenvalue weighted by Crippen LogP contribution is -2.44. The number of carbonyl (C=O) groups is 1. The van der Waals surface area contributed by atoms with Crippen molar-refractivity contribution < 1.29 is 40.2 Å². The van der Waals surface area contributed by atoms with Crippen LogP contribution < -0.4 is 19.5 Å². The fourth-order valence-electron chi connectivity index (χ4n) is 3.11. The van der Waals surface area contributed by atoms with Crippen LogP contribution in [0, 0.1) is 12.7 Å². The van der Waals surface area contributed by atoms with Crippen LogP contribution >= 0.6 is 0 Å². The summed E-state index contributed by atoms with van der Waals surface area (Å²) >= 11 is 0. The van der Waals surface area contributed by atoms with E-state index in [2.05, 4.69) is 10.0 Å². The molecule has 1 aliphatic heterocycles. The van der Waals surface area contributed by atoms with Crippen molar-refractivity contribution in [3.8, 4) is 11.5 Å². The fraction of sp³-hybridized carbons (Fsp3) is 0.350. The van der Waals surface area contributed by atoms with Gasteiger partial charge in [0.05, 0.1) is 23.5 Å². The third-order valence-electron chi connectivity index (χ3n) is 4.69. The normalized spacial score (nSPS) is 16.9. The SMILES string of the molecule is Cc1cc([C@@H](C)NC(=O)[C@H]2COc3cc(C(F)(F)F)ccc3O2)c(F)cc1NS(C)(=O)=O. The highest BCUT2D eigenvalue weighted by molar-refractivity contribution is 7.92. The molecule has 2 aromatic carbocycles. The second kappa shape index (κ2) is 8.49. The number of ether oxygens (including phenoxy) is 2. The lowest BCUT2D eigenvalue weighted by atomic mass is 10.0. The summed E-state index contributed by atoms with van der Waals surface area (Å²) in [5, 5.41) is 2.57. The van der Waals surface area contributed by atoms with Crippen molar-refractivity contribution in [2.24, 2.45) is 0 Å². The molecule has 12 heteroatoms. The average Bonchev–Trinajstić information content (AvgIpc) is 2.67. The first-order valence-electron chi connectivity index (χ1n) is 9.33. The van der Waals surface area contributed by atoms with Crippen LogP contribution in [0.15, 0.2) is 30.3 Å². The Morgan fingerprint density at radius 2 is 1.88 bits per heavy atom. The molecule has 0 fully saturated rings. The number of amides is 1. The van der Waals surface area contributed by atoms with Crippen molar-refractivity contribution in [1.82, 2.24) is 5.32 Å². The number of fused-ring (bicyclic) bond motifs is 1. The first-order chi connectivity index (χ1) is 14.7. The van der Waals surface area contributed by atoms with Gasteiger partial charge in [-0.1, -0.05) is 0 Å². The van der Waals surface area contributed by atoms with E-state index in [0.717, 1.165) is 30.5 Å². The van der Waals surface area contributed by atoms with E-state index < -0.39 is 45.6 Å². The van der Waals surface area contributed by atoms with Crippen molar-refractivity contribution >= 4 is 21.6 Å². The average molecular weight is 476 g/mol. The van der Waals surface area contributed by atoms with E-state index in [1.165, 1.54) is 13.0 Å². The lowest BCUT2D eigenvalue weighted by molar-refractivity contribution is -0.138. The molecule has 2 aromatic rings. The number of aryl methyl sites for hydroxylation is 1. The Balaban J connectivity index is 1.71. The quantitative estimate of drug-likeness (QED) is 0.644. The topological polar surface area (TPSA) is 93.7 Å². The molecule has 3 rings (SSSR count). The van der Waals surface area contributed by atoms with Gasteiger partial charge < -0.3 is 14.8 Å². The molecule has 0 aliphatic carbocycles. The molecule has 0 aromatic heterocycles. The summed E-state index contributed by atoms with van der Waals surface area (Å²) in [6.45, 7) is 2.77. The van der Waals surface area contributed by atoms with Crippen LogP contribution in [-0.4, -0.2) is 33.3 Å². The van der Waals surface area contributed by atoms with Gasteiger partial charge in [-0.05, 0) is 49.7 Å². The van der Waals surface area contributed by atoms with Gasteiger partial charge in [0.2, 0.25) is 16.1 Å². The molecule has 0 saturated carbocycles. The molecule has 32 heavy (non-hydrogen) atoms. The Hall–Kier alpha value is -3.02. The third-order valence-corrected chi connectivity index (χ3v) is 5.28. The number of sulfonamides is 1. The lowest BCUT2D eigenvalue weighted by Gasteiger charge is -2.27. The summed E-state index contributed by atoms with van der Waals surface area (Å²) in [7, 11) is -3.60. The van der Waals surface area contributed by atoms with E-state index >= 15 is 0 Å². The molecule has 0 radical (unpaired) electrons. The maximum Gasteiger partial charge on any atom is 0.416 e. The van der Waals surface area contributed by atoms with Crippen molar-refractivity contribution in [3.05, 3.63) is 52.8 Å². The van der Waals surface area contributed by atoms with Gasteiger partial charge >= 0.3 is 6.18 Å². The van der Waals surface area contributed by atoms with Crippen molar-refractivity contribution in [2.45, 2.75) is 32.2 Å². The van der Waals surface area contributed by atoms with Crippen LogP contribution in [0.2, 0.25) is 0 Å². The number of rotatable bonds is 5. The van der Waals surface area contributed by atoms with Crippen LogP contribution in [0.25, 0.3) is 0 Å². The number of carbonyl (C=O) groups excluding carboxylic acids is 1. The first kappa shape index (κ1) is 23.6. The van der Waals surface area contributed by atoms with Gasteiger partial charge in [0, 0.05) is 5.56 Å². The van der Waals surface area contributed by atoms with Crippen LogP contribution in [0.1, 0.15) is 29.7 Å². The number of alkyl halides is 3. The van der Waals surface area contributed by atoms with E-state index in [9.17, 15) is 30.8 Å². The van der Waals surface area contributed by atoms with Gasteiger partial charge in [0.25, 0.3) is 5.91 Å². The van der Waals surface area contributed by atoms with Crippen LogP contribution in [0.5, 0.6) is 11.5 Å². The highest BCUT2D eigenvalue weighted by atomic mass is 32.2. The summed E-state index contributed by atoms with van der Waals surface area (Å²) in [4.78, 5) is 12.6. The van der Waals surface area contributed by atoms with Crippen LogP contribution in [0.3, 0.4) is 0 Å². The molecular weight excluding hydrogens is 456 g/mol. The highest BCUT2D eigenvalue weighted by Crippen LogP contribution is 2.38. The van der Waals surface area contributed by atoms with E-state index in [0.29, 0.717) is 5.56 Å². The zero-order valence-corrected chi connectivity index (χ0v) is 18.0. The maximum absolute atomic E-state index is 14.5. The van der Waals surface area contributed by atoms with E-state index in [4.69, 9.17) is 9.47 Å². The zero-order valence-electron chi connectivity index (χ0n) is 17.2. The molecule has 1 amide bonds. The molecule has 1 aliphatic rings. The predicted octanol–water partition coefficient (Wildman–Crippen LogP) is 3.54. The number of hydrogen-bond donors (Lipinski definition) is 2. The minimum Gasteiger partial charge on any atom is -0.485 e. The minimum absolute atomic E-state index is 0.0183. The molecule has 174 valence electrons. The fourth-order valence-corrected chi connectivity index (χ4v) is 3.73. The Bertz CT molecular complexity index is 1150. The standard InChI is InChI=1S/C20H20F4N2O5S/c1-10-6-13(14(21)8-15(10)26-32(3,28)29)11(2)25-19(27)18-9-30-17-7-12(20(22,23)24)4-5-16(17)31-18/h4-8,11,18,26H,9H2,1-3H3,(H,25,27)/t11-,18-/m1/s1. The third kappa shape index (κ3) is 5.42. The van der Waals surface area contributed by atoms with Gasteiger partial charge in [-0.3, -0.25) is 9.52 Å². The van der Waals surface area contributed by atoms with Crippen LogP contribution in [0.4, 0.5) is 23.2 Å². The van der Waals surface area contributed by atoms with Gasteiger partial charge in [0.15, 0.2) is 11.5 Å². The van der Waals surface area contributed by atoms with Gasteiger partial charge in [0.1, 0.15) is 12.4 Å². The molecule has 1 heterocycles. The largest absolute Gasteiger partial charge is 0.485 e. The minimum atomic E-state index is -4.55. The Kier molecular flexibility index (Phi) is 6.27. The second-order valence-corrected chi connectivity index (χ2v) is 9.12. The number of anilines is 1. The number of benzene rings is 2. The molecule has 0 bridgehead atoms. The number of nitrogens with one attached hydrogen (secondary N) is 2. The number of halogens is 4. The molecule has 0 saturated heterocycles. The van der Waals surface area contributed by atoms with Crippen LogP contribution in [-0.2, 0) is 21.0 Å².